The van der Waals surface area contributed by atoms with E-state index in [0.29, 0.717) is 16.6 Å². The minimum atomic E-state index is 0. The van der Waals surface area contributed by atoms with Gasteiger partial charge in [0.05, 0.1) is 16.9 Å². The topological polar surface area (TPSA) is 43.8 Å². The van der Waals surface area contributed by atoms with Crippen molar-refractivity contribution in [1.82, 2.24) is 9.78 Å². The van der Waals surface area contributed by atoms with Gasteiger partial charge in [-0.05, 0) is 36.7 Å². The maximum Gasteiger partial charge on any atom is 0.0832 e. The highest BCUT2D eigenvalue weighted by Crippen LogP contribution is 2.23. The highest BCUT2D eigenvalue weighted by atomic mass is 35.5. The number of nitrogens with two attached hydrogens (primary N) is 1. The molecule has 0 aliphatic heterocycles. The molecular weight excluding hydrogens is 281 g/mol. The molecule has 92 valence electrons. The van der Waals surface area contributed by atoms with Crippen molar-refractivity contribution in [3.8, 4) is 5.69 Å². The number of aromatic nitrogens is 2. The molecule has 0 spiro atoms. The van der Waals surface area contributed by atoms with Crippen LogP contribution in [0.2, 0.25) is 10.0 Å². The van der Waals surface area contributed by atoms with E-state index in [4.69, 9.17) is 28.9 Å². The number of benzene rings is 1. The fraction of sp³-hybridized carbons (Fsp3) is 0.182. The van der Waals surface area contributed by atoms with E-state index in [0.717, 1.165) is 17.7 Å². The van der Waals surface area contributed by atoms with E-state index < -0.39 is 0 Å². The van der Waals surface area contributed by atoms with Crippen LogP contribution in [-0.4, -0.2) is 16.3 Å². The van der Waals surface area contributed by atoms with Crippen LogP contribution >= 0.6 is 35.6 Å². The van der Waals surface area contributed by atoms with Crippen molar-refractivity contribution in [1.29, 1.82) is 0 Å². The van der Waals surface area contributed by atoms with E-state index in [9.17, 15) is 0 Å². The second-order valence-electron chi connectivity index (χ2n) is 3.43. The van der Waals surface area contributed by atoms with E-state index in [2.05, 4.69) is 5.10 Å². The van der Waals surface area contributed by atoms with Crippen molar-refractivity contribution in [3.05, 3.63) is 46.2 Å². The molecule has 0 aliphatic carbocycles. The van der Waals surface area contributed by atoms with E-state index >= 15 is 0 Å². The first-order valence-corrected chi connectivity index (χ1v) is 5.65. The van der Waals surface area contributed by atoms with Gasteiger partial charge in [0.1, 0.15) is 0 Å². The van der Waals surface area contributed by atoms with Gasteiger partial charge in [0, 0.05) is 11.2 Å². The minimum Gasteiger partial charge on any atom is -0.330 e. The van der Waals surface area contributed by atoms with E-state index in [1.165, 1.54) is 0 Å². The van der Waals surface area contributed by atoms with E-state index in [1.54, 1.807) is 23.0 Å². The number of hydrogen-bond acceptors (Lipinski definition) is 2. The van der Waals surface area contributed by atoms with Gasteiger partial charge in [-0.3, -0.25) is 0 Å². The summed E-state index contributed by atoms with van der Waals surface area (Å²) in [6, 6.07) is 5.32. The third-order valence-corrected chi connectivity index (χ3v) is 2.76. The lowest BCUT2D eigenvalue weighted by atomic mass is 10.2. The Balaban J connectivity index is 0.00000144. The molecule has 2 rings (SSSR count). The first-order chi connectivity index (χ1) is 7.70. The predicted octanol–water partition coefficient (Wildman–Crippen LogP) is 3.10. The second-order valence-corrected chi connectivity index (χ2v) is 4.27. The monoisotopic (exact) mass is 291 g/mol. The summed E-state index contributed by atoms with van der Waals surface area (Å²) >= 11 is 11.9. The van der Waals surface area contributed by atoms with Crippen LogP contribution in [0.25, 0.3) is 5.69 Å². The summed E-state index contributed by atoms with van der Waals surface area (Å²) in [5.74, 6) is 0. The van der Waals surface area contributed by atoms with Gasteiger partial charge in [-0.25, -0.2) is 4.68 Å². The lowest BCUT2D eigenvalue weighted by Gasteiger charge is -2.03. The molecule has 0 saturated heterocycles. The van der Waals surface area contributed by atoms with Crippen molar-refractivity contribution >= 4 is 35.6 Å². The Kier molecular flexibility index (Phi) is 5.28. The first kappa shape index (κ1) is 14.3. The van der Waals surface area contributed by atoms with Crippen LogP contribution < -0.4 is 5.73 Å². The van der Waals surface area contributed by atoms with Gasteiger partial charge in [-0.15, -0.1) is 12.4 Å². The summed E-state index contributed by atoms with van der Waals surface area (Å²) in [6.07, 6.45) is 4.52. The van der Waals surface area contributed by atoms with Gasteiger partial charge in [0.15, 0.2) is 0 Å². The molecule has 0 bridgehead atoms. The smallest absolute Gasteiger partial charge is 0.0832 e. The third kappa shape index (κ3) is 3.36. The van der Waals surface area contributed by atoms with Crippen LogP contribution in [0.3, 0.4) is 0 Å². The van der Waals surface area contributed by atoms with Gasteiger partial charge in [0.25, 0.3) is 0 Å². The average Bonchev–Trinajstić information content (AvgIpc) is 2.67. The zero-order chi connectivity index (χ0) is 11.5. The number of hydrogen-bond donors (Lipinski definition) is 1. The fourth-order valence-electron chi connectivity index (χ4n) is 1.45. The van der Waals surface area contributed by atoms with E-state index in [-0.39, 0.29) is 12.4 Å². The lowest BCUT2D eigenvalue weighted by Crippen LogP contribution is -2.01. The highest BCUT2D eigenvalue weighted by Gasteiger charge is 2.05. The second kappa shape index (κ2) is 6.26. The van der Waals surface area contributed by atoms with Gasteiger partial charge in [-0.1, -0.05) is 23.2 Å². The Hall–Kier alpha value is -0.740. The van der Waals surface area contributed by atoms with Gasteiger partial charge >= 0.3 is 0 Å². The van der Waals surface area contributed by atoms with Crippen molar-refractivity contribution in [2.75, 3.05) is 6.54 Å². The van der Waals surface area contributed by atoms with Crippen LogP contribution in [0.4, 0.5) is 0 Å². The predicted molar refractivity (Wildman–Crippen MR) is 73.6 cm³/mol. The first-order valence-electron chi connectivity index (χ1n) is 4.90. The number of nitrogens with zero attached hydrogens (tertiary/aromatic N) is 2. The summed E-state index contributed by atoms with van der Waals surface area (Å²) in [5.41, 5.74) is 7.38. The minimum absolute atomic E-state index is 0. The normalized spacial score (nSPS) is 10.1. The average molecular weight is 293 g/mol. The van der Waals surface area contributed by atoms with Crippen molar-refractivity contribution < 1.29 is 0 Å². The standard InChI is InChI=1S/C11H11Cl2N3.ClH/c12-9-1-2-11(10(13)5-9)16-7-8(3-4-14)6-15-16;/h1-2,5-7H,3-4,14H2;1H. The maximum atomic E-state index is 6.08. The number of halogens is 3. The molecule has 1 heterocycles. The molecule has 2 N–H and O–H groups in total. The van der Waals surface area contributed by atoms with Crippen LogP contribution in [-0.2, 0) is 6.42 Å². The Morgan fingerprint density at radius 3 is 2.71 bits per heavy atom. The Morgan fingerprint density at radius 2 is 2.06 bits per heavy atom. The molecule has 0 amide bonds. The molecule has 0 saturated carbocycles. The van der Waals surface area contributed by atoms with Crippen LogP contribution in [0.5, 0.6) is 0 Å². The quantitative estimate of drug-likeness (QED) is 0.944. The maximum absolute atomic E-state index is 6.08. The van der Waals surface area contributed by atoms with Crippen LogP contribution in [0.15, 0.2) is 30.6 Å². The van der Waals surface area contributed by atoms with E-state index in [1.807, 2.05) is 12.3 Å². The Labute approximate surface area is 116 Å². The molecular formula is C11H12Cl3N3. The van der Waals surface area contributed by atoms with Gasteiger partial charge in [-0.2, -0.15) is 5.10 Å². The lowest BCUT2D eigenvalue weighted by molar-refractivity contribution is 0.879. The molecule has 0 fully saturated rings. The van der Waals surface area contributed by atoms with Gasteiger partial charge in [0.2, 0.25) is 0 Å². The SMILES string of the molecule is Cl.NCCc1cnn(-c2ccc(Cl)cc2Cl)c1. The Morgan fingerprint density at radius 1 is 1.29 bits per heavy atom. The fourth-order valence-corrected chi connectivity index (χ4v) is 1.95. The van der Waals surface area contributed by atoms with Crippen LogP contribution in [0, 0.1) is 0 Å². The zero-order valence-electron chi connectivity index (χ0n) is 8.94. The molecule has 2 aromatic rings. The van der Waals surface area contributed by atoms with Crippen molar-refractivity contribution in [3.63, 3.8) is 0 Å². The van der Waals surface area contributed by atoms with Crippen LogP contribution in [0.1, 0.15) is 5.56 Å². The zero-order valence-corrected chi connectivity index (χ0v) is 11.3. The molecule has 0 unspecified atom stereocenters. The molecule has 1 aromatic heterocycles. The Bertz CT molecular complexity index is 496. The van der Waals surface area contributed by atoms with Gasteiger partial charge < -0.3 is 5.73 Å². The molecule has 0 radical (unpaired) electrons. The molecule has 0 atom stereocenters. The molecule has 1 aromatic carbocycles. The molecule has 0 aliphatic rings. The summed E-state index contributed by atoms with van der Waals surface area (Å²) in [6.45, 7) is 0.611. The summed E-state index contributed by atoms with van der Waals surface area (Å²) in [4.78, 5) is 0. The largest absolute Gasteiger partial charge is 0.330 e. The summed E-state index contributed by atoms with van der Waals surface area (Å²) in [5, 5.41) is 5.42. The highest BCUT2D eigenvalue weighted by molar-refractivity contribution is 6.35. The summed E-state index contributed by atoms with van der Waals surface area (Å²) < 4.78 is 1.73. The molecule has 6 heteroatoms. The molecule has 3 nitrogen and oxygen atoms in total. The van der Waals surface area contributed by atoms with Crippen molar-refractivity contribution in [2.45, 2.75) is 6.42 Å². The number of rotatable bonds is 3. The summed E-state index contributed by atoms with van der Waals surface area (Å²) in [7, 11) is 0. The third-order valence-electron chi connectivity index (χ3n) is 2.23. The van der Waals surface area contributed by atoms with Crippen molar-refractivity contribution in [2.24, 2.45) is 5.73 Å². The molecule has 17 heavy (non-hydrogen) atoms.